The molecule has 3 aromatic rings. The third-order valence-corrected chi connectivity index (χ3v) is 14.4. The molecule has 21 nitrogen and oxygen atoms in total. The number of pyridine rings is 1. The number of aliphatic imine (C=N–C) groups is 1. The lowest BCUT2D eigenvalue weighted by molar-refractivity contribution is -0.128. The van der Waals surface area contributed by atoms with Crippen LogP contribution in [0.1, 0.15) is 100 Å². The van der Waals surface area contributed by atoms with Gasteiger partial charge in [-0.2, -0.15) is 0 Å². The van der Waals surface area contributed by atoms with Crippen LogP contribution in [0.2, 0.25) is 0 Å². The first-order chi connectivity index (χ1) is 38.5. The van der Waals surface area contributed by atoms with E-state index in [9.17, 15) is 33.6 Å². The highest BCUT2D eigenvalue weighted by Gasteiger charge is 2.39. The van der Waals surface area contributed by atoms with E-state index in [4.69, 9.17) is 18.9 Å². The van der Waals surface area contributed by atoms with Crippen LogP contribution in [0.5, 0.6) is 11.6 Å². The second kappa shape index (κ2) is 29.5. The van der Waals surface area contributed by atoms with Crippen molar-refractivity contribution in [2.24, 2.45) is 10.9 Å². The van der Waals surface area contributed by atoms with E-state index in [1.165, 1.54) is 6.08 Å². The second-order valence-electron chi connectivity index (χ2n) is 20.2. The monoisotopic (exact) mass is 1090 g/mol. The van der Waals surface area contributed by atoms with Crippen molar-refractivity contribution in [2.75, 3.05) is 77.3 Å². The highest BCUT2D eigenvalue weighted by molar-refractivity contribution is 6.16. The van der Waals surface area contributed by atoms with Gasteiger partial charge in [-0.3, -0.25) is 28.9 Å². The van der Waals surface area contributed by atoms with E-state index in [1.807, 2.05) is 55.5 Å². The lowest BCUT2D eigenvalue weighted by Crippen LogP contribution is -2.50. The molecule has 422 valence electrons. The number of urea groups is 2. The van der Waals surface area contributed by atoms with Gasteiger partial charge in [-0.25, -0.2) is 19.6 Å². The number of benzene rings is 2. The third-order valence-electron chi connectivity index (χ3n) is 14.4. The summed E-state index contributed by atoms with van der Waals surface area (Å²) in [5, 5.41) is 17.6. The Kier molecular flexibility index (Phi) is 21.5. The number of aromatic nitrogens is 1. The molecule has 5 aliphatic rings. The zero-order valence-corrected chi connectivity index (χ0v) is 45.1. The molecule has 0 unspecified atom stereocenters. The van der Waals surface area contributed by atoms with Gasteiger partial charge in [0.25, 0.3) is 0 Å². The molecule has 0 radical (unpaired) electrons. The number of aryl methyl sites for hydroxylation is 1. The predicted octanol–water partition coefficient (Wildman–Crippen LogP) is 5.83. The summed E-state index contributed by atoms with van der Waals surface area (Å²) >= 11 is 0. The van der Waals surface area contributed by atoms with Crippen LogP contribution in [0.25, 0.3) is 5.70 Å². The van der Waals surface area contributed by atoms with Gasteiger partial charge in [0.2, 0.25) is 35.4 Å². The molecule has 2 aliphatic carbocycles. The Bertz CT molecular complexity index is 2750. The summed E-state index contributed by atoms with van der Waals surface area (Å²) in [5.41, 5.74) is 5.48. The molecule has 9 amide bonds. The molecule has 0 bridgehead atoms. The van der Waals surface area contributed by atoms with Crippen LogP contribution >= 0.6 is 0 Å². The number of nitrogens with zero attached hydrogens (tertiary/aromatic N) is 4. The fourth-order valence-corrected chi connectivity index (χ4v) is 10.5. The smallest absolute Gasteiger partial charge is 0.341 e. The summed E-state index contributed by atoms with van der Waals surface area (Å²) < 4.78 is 22.6. The Morgan fingerprint density at radius 2 is 1.46 bits per heavy atom. The number of amides is 9. The van der Waals surface area contributed by atoms with Gasteiger partial charge in [-0.05, 0) is 100 Å². The van der Waals surface area contributed by atoms with E-state index in [0.717, 1.165) is 55.4 Å². The molecule has 1 saturated carbocycles. The van der Waals surface area contributed by atoms with Crippen LogP contribution < -0.4 is 41.5 Å². The Labute approximate surface area is 461 Å². The van der Waals surface area contributed by atoms with Gasteiger partial charge < -0.3 is 55.7 Å². The number of fused-ring (bicyclic) bond motifs is 1. The second-order valence-corrected chi connectivity index (χ2v) is 20.2. The number of carbonyl (C=O) groups excluding carboxylic acids is 7. The van der Waals surface area contributed by atoms with E-state index in [2.05, 4.69) is 41.9 Å². The van der Waals surface area contributed by atoms with Gasteiger partial charge in [0.1, 0.15) is 5.75 Å². The zero-order valence-electron chi connectivity index (χ0n) is 45.1. The summed E-state index contributed by atoms with van der Waals surface area (Å²) in [5.74, 6) is 0.564. The maximum absolute atomic E-state index is 13.9. The van der Waals surface area contributed by atoms with Crippen molar-refractivity contribution in [2.45, 2.75) is 109 Å². The van der Waals surface area contributed by atoms with Gasteiger partial charge in [-0.1, -0.05) is 42.8 Å². The van der Waals surface area contributed by atoms with E-state index >= 15 is 0 Å². The molecule has 3 aliphatic heterocycles. The highest BCUT2D eigenvalue weighted by Crippen LogP contribution is 2.44. The minimum atomic E-state index is -0.411. The molecule has 79 heavy (non-hydrogen) atoms. The number of carbonyl (C=O) groups is 7. The number of anilines is 2. The van der Waals surface area contributed by atoms with Crippen molar-refractivity contribution in [3.8, 4) is 11.6 Å². The number of unbranched alkanes of at least 4 members (excludes halogenated alkanes) is 1. The first kappa shape index (κ1) is 57.7. The van der Waals surface area contributed by atoms with Crippen LogP contribution in [-0.4, -0.2) is 142 Å². The normalized spacial score (nSPS) is 18.2. The van der Waals surface area contributed by atoms with Crippen LogP contribution in [0, 0.1) is 12.8 Å². The minimum Gasteiger partial charge on any atom is -0.439 e. The van der Waals surface area contributed by atoms with E-state index in [1.54, 1.807) is 28.0 Å². The third kappa shape index (κ3) is 16.8. The van der Waals surface area contributed by atoms with Gasteiger partial charge >= 0.3 is 12.1 Å². The summed E-state index contributed by atoms with van der Waals surface area (Å²) in [7, 11) is 0. The molecular formula is C58H74N10O11. The fourth-order valence-electron chi connectivity index (χ4n) is 10.5. The molecule has 21 heteroatoms. The number of hydrogen-bond acceptors (Lipinski definition) is 12. The van der Waals surface area contributed by atoms with Crippen molar-refractivity contribution in [1.82, 2.24) is 41.8 Å². The molecule has 0 spiro atoms. The van der Waals surface area contributed by atoms with Crippen LogP contribution in [0.3, 0.4) is 0 Å². The topological polar surface area (TPSA) is 260 Å². The number of likely N-dealkylation sites (tertiary alicyclic amines) is 1. The molecule has 4 heterocycles. The maximum Gasteiger partial charge on any atom is 0.341 e. The lowest BCUT2D eigenvalue weighted by atomic mass is 9.98. The molecular weight excluding hydrogens is 1010 g/mol. The first-order valence-corrected chi connectivity index (χ1v) is 27.9. The van der Waals surface area contributed by atoms with Crippen molar-refractivity contribution in [3.63, 3.8) is 0 Å². The number of piperidine rings is 1. The Hall–Kier alpha value is -7.49. The van der Waals surface area contributed by atoms with Gasteiger partial charge in [0, 0.05) is 107 Å². The largest absolute Gasteiger partial charge is 0.439 e. The molecule has 2 fully saturated rings. The quantitative estimate of drug-likeness (QED) is 0.0329. The lowest BCUT2D eigenvalue weighted by Gasteiger charge is -2.33. The number of hydrogen-bond donors (Lipinski definition) is 6. The molecule has 2 aromatic carbocycles. The average Bonchev–Trinajstić information content (AvgIpc) is 4.37. The zero-order chi connectivity index (χ0) is 55.3. The Balaban J connectivity index is 0.614. The summed E-state index contributed by atoms with van der Waals surface area (Å²) in [6, 6.07) is 17.7. The molecule has 1 saturated heterocycles. The Morgan fingerprint density at radius 1 is 0.747 bits per heavy atom. The number of para-hydroxylation sites is 1. The highest BCUT2D eigenvalue weighted by atomic mass is 16.5. The minimum absolute atomic E-state index is 0.0454. The van der Waals surface area contributed by atoms with Gasteiger partial charge in [-0.15, -0.1) is 0 Å². The number of ether oxygens (including phenoxy) is 4. The predicted molar refractivity (Wildman–Crippen MR) is 296 cm³/mol. The van der Waals surface area contributed by atoms with E-state index < -0.39 is 6.03 Å². The van der Waals surface area contributed by atoms with Crippen molar-refractivity contribution >= 4 is 64.4 Å². The fraction of sp³-hybridized carbons (Fsp3) is 0.500. The maximum atomic E-state index is 13.9. The summed E-state index contributed by atoms with van der Waals surface area (Å²) in [6.45, 7) is 6.58. The first-order valence-electron chi connectivity index (χ1n) is 27.9. The SMILES string of the molecule is Cc1nc(Oc2ccccc2)ccc1N1C(=O)NC2=C(C(=O)N[C@@H]3CCCN(C(=O)/C=C/CNC(=O)CCCC(=O)NCCCOCCOCCOCCCNC(=O)CCCC[C@@H]4CC[C@@H]5NC(=O)N=C45)C3)Cc3cccc1c32. The van der Waals surface area contributed by atoms with Crippen LogP contribution in [0.4, 0.5) is 21.0 Å². The summed E-state index contributed by atoms with van der Waals surface area (Å²) in [6.07, 6.45) is 12.1. The van der Waals surface area contributed by atoms with Gasteiger partial charge in [0.05, 0.1) is 55.2 Å². The average molecular weight is 1090 g/mol. The van der Waals surface area contributed by atoms with E-state index in [0.29, 0.717) is 150 Å². The molecule has 6 N–H and O–H groups in total. The molecule has 3 atom stereocenters. The molecule has 8 rings (SSSR count). The van der Waals surface area contributed by atoms with Crippen LogP contribution in [0.15, 0.2) is 83.4 Å². The van der Waals surface area contributed by atoms with Crippen molar-refractivity contribution in [3.05, 3.63) is 95.2 Å². The van der Waals surface area contributed by atoms with Gasteiger partial charge in [0.15, 0.2) is 0 Å². The van der Waals surface area contributed by atoms with Crippen molar-refractivity contribution < 1.29 is 52.5 Å². The number of nitrogens with one attached hydrogen (secondary N) is 6. The summed E-state index contributed by atoms with van der Waals surface area (Å²) in [4.78, 5) is 101. The number of rotatable bonds is 31. The van der Waals surface area contributed by atoms with Crippen molar-refractivity contribution in [1.29, 1.82) is 0 Å². The standard InChI is InChI=1S/C58H74N10O11/c1-39-46(25-26-51(62-39)79-43-16-3-2-4-17-43)68-47-18-7-14-41-37-44(55(53(41)47)66-58(68)75)56(73)63-42-15-10-30-67(38-42)52(72)22-9-27-59-49(70)20-8-21-50(71)61-29-12-32-77-34-36-78-35-33-76-31-11-28-60-48(69)19-6-5-13-40-23-24-45-54(40)65-57(74)64-45/h2-4,7,9,14,16-18,22,25-26,40,42,45H,5-6,8,10-13,15,19-21,23-24,27-38H2,1H3,(H,59,70)(H,60,69)(H,61,71)(H,63,73)(H,64,74)(H,66,75)/b22-9+/t40-,42-,45+/m1/s1. The Morgan fingerprint density at radius 3 is 2.19 bits per heavy atom. The molecule has 1 aromatic heterocycles. The van der Waals surface area contributed by atoms with E-state index in [-0.39, 0.29) is 67.0 Å². The van der Waals surface area contributed by atoms with Crippen LogP contribution in [-0.2, 0) is 44.6 Å².